The molecule has 0 saturated carbocycles. The van der Waals surface area contributed by atoms with E-state index in [2.05, 4.69) is 0 Å². The third-order valence-electron chi connectivity index (χ3n) is 6.31. The molecule has 40 heavy (non-hydrogen) atoms. The molecule has 0 aliphatic carbocycles. The minimum Gasteiger partial charge on any atom is -0.462 e. The number of aliphatic hydroxyl groups excluding tert-OH is 1. The van der Waals surface area contributed by atoms with Crippen LogP contribution in [0.5, 0.6) is 5.75 Å². The first-order valence-corrected chi connectivity index (χ1v) is 13.5. The van der Waals surface area contributed by atoms with Gasteiger partial charge in [0.25, 0.3) is 5.56 Å². The average molecular weight is 589 g/mol. The highest BCUT2D eigenvalue weighted by Crippen LogP contribution is 2.45. The number of halogens is 1. The van der Waals surface area contributed by atoms with E-state index in [4.69, 9.17) is 30.0 Å². The Kier molecular flexibility index (Phi) is 10.1. The summed E-state index contributed by atoms with van der Waals surface area (Å²) in [7, 11) is -3.44. The second kappa shape index (κ2) is 12.7. The Morgan fingerprint density at radius 2 is 2.02 bits per heavy atom. The number of carbonyl (C=O) groups is 1. The zero-order valence-corrected chi connectivity index (χ0v) is 23.2. The maximum atomic E-state index is 14.3. The molecular formula is C24H34FN4O10P. The summed E-state index contributed by atoms with van der Waals surface area (Å²) in [6.45, 7) is 2.37. The zero-order valence-electron chi connectivity index (χ0n) is 22.2. The van der Waals surface area contributed by atoms with Crippen LogP contribution in [0.3, 0.4) is 0 Å². The number of aromatic amines is 1. The van der Waals surface area contributed by atoms with E-state index in [1.165, 1.54) is 6.07 Å². The van der Waals surface area contributed by atoms with Crippen LogP contribution in [-0.4, -0.2) is 68.5 Å². The Hall–Kier alpha value is -2.91. The molecule has 6 atom stereocenters. The van der Waals surface area contributed by atoms with Gasteiger partial charge in [0, 0.05) is 25.2 Å². The summed E-state index contributed by atoms with van der Waals surface area (Å²) in [5, 5.41) is 21.7. The number of H-pyrrole nitrogens is 1. The van der Waals surface area contributed by atoms with Gasteiger partial charge >= 0.3 is 19.9 Å². The molecule has 14 nitrogen and oxygen atoms in total. The van der Waals surface area contributed by atoms with Gasteiger partial charge in [0.2, 0.25) is 0 Å². The first-order valence-electron chi connectivity index (χ1n) is 12.3. The summed E-state index contributed by atoms with van der Waals surface area (Å²) >= 11 is 0. The number of hydrogen-bond donors (Lipinski definition) is 5. The number of carbonyl (C=O) groups excluding carboxylic acids is 1. The lowest BCUT2D eigenvalue weighted by Gasteiger charge is -2.30. The lowest BCUT2D eigenvalue weighted by Crippen LogP contribution is -2.53. The first kappa shape index (κ1) is 31.6. The fraction of sp³-hybridized carbons (Fsp3) is 0.542. The highest BCUT2D eigenvalue weighted by atomic mass is 31.1. The Morgan fingerprint density at radius 3 is 2.62 bits per heavy atom. The fourth-order valence-corrected chi connectivity index (χ4v) is 5.04. The van der Waals surface area contributed by atoms with Crippen molar-refractivity contribution in [3.8, 4) is 5.75 Å². The van der Waals surface area contributed by atoms with Crippen LogP contribution < -0.4 is 27.2 Å². The lowest BCUT2D eigenvalue weighted by atomic mass is 9.88. The predicted molar refractivity (Wildman–Crippen MR) is 140 cm³/mol. The first-order chi connectivity index (χ1) is 18.7. The van der Waals surface area contributed by atoms with E-state index in [0.717, 1.165) is 23.8 Å². The van der Waals surface area contributed by atoms with Gasteiger partial charge in [-0.1, -0.05) is 12.1 Å². The van der Waals surface area contributed by atoms with Gasteiger partial charge in [0.1, 0.15) is 30.2 Å². The molecule has 0 radical (unpaired) electrons. The molecule has 222 valence electrons. The van der Waals surface area contributed by atoms with Gasteiger partial charge < -0.3 is 35.7 Å². The van der Waals surface area contributed by atoms with Crippen LogP contribution in [0.2, 0.25) is 0 Å². The normalized spacial score (nSPS) is 26.0. The van der Waals surface area contributed by atoms with E-state index in [0.29, 0.717) is 11.1 Å². The van der Waals surface area contributed by atoms with Crippen LogP contribution in [0.4, 0.5) is 4.39 Å². The van der Waals surface area contributed by atoms with Crippen molar-refractivity contribution in [2.45, 2.75) is 69.4 Å². The molecule has 1 unspecified atom stereocenters. The largest absolute Gasteiger partial charge is 0.462 e. The summed E-state index contributed by atoms with van der Waals surface area (Å²) in [6.07, 6.45) is -2.99. The maximum absolute atomic E-state index is 14.3. The van der Waals surface area contributed by atoms with Crippen molar-refractivity contribution >= 4 is 14.2 Å². The molecular weight excluding hydrogens is 554 g/mol. The molecule has 16 heteroatoms. The molecule has 1 aromatic heterocycles. The van der Waals surface area contributed by atoms with Gasteiger partial charge in [0.15, 0.2) is 11.8 Å². The minimum atomic E-state index is -3.44. The number of aliphatic hydroxyl groups is 2. The molecule has 1 saturated heterocycles. The van der Waals surface area contributed by atoms with Crippen LogP contribution in [0.15, 0.2) is 40.1 Å². The number of alkyl halides is 1. The highest BCUT2D eigenvalue weighted by Gasteiger charge is 2.62. The minimum absolute atomic E-state index is 0.0431. The second-order valence-electron chi connectivity index (χ2n) is 9.90. The second-order valence-corrected chi connectivity index (χ2v) is 10.9. The Labute approximate surface area is 228 Å². The number of rotatable bonds is 12. The summed E-state index contributed by atoms with van der Waals surface area (Å²) in [6, 6.07) is 4.59. The van der Waals surface area contributed by atoms with Crippen molar-refractivity contribution in [2.24, 2.45) is 11.5 Å². The van der Waals surface area contributed by atoms with Crippen molar-refractivity contribution in [3.63, 3.8) is 0 Å². The molecule has 1 fully saturated rings. The molecule has 1 aliphatic heterocycles. The number of benzene rings is 1. The van der Waals surface area contributed by atoms with E-state index in [9.17, 15) is 33.6 Å². The molecule has 1 aromatic carbocycles. The Balaban J connectivity index is 1.77. The maximum Gasteiger partial charge on any atom is 0.367 e. The number of nitrogens with one attached hydrogen (secondary N) is 1. The van der Waals surface area contributed by atoms with Crippen LogP contribution in [-0.2, 0) is 36.3 Å². The third kappa shape index (κ3) is 6.86. The molecule has 0 spiro atoms. The molecule has 3 rings (SSSR count). The van der Waals surface area contributed by atoms with Crippen molar-refractivity contribution in [2.75, 3.05) is 13.3 Å². The van der Waals surface area contributed by atoms with E-state index < -0.39 is 68.3 Å². The van der Waals surface area contributed by atoms with E-state index in [1.54, 1.807) is 26.0 Å². The van der Waals surface area contributed by atoms with E-state index in [1.807, 2.05) is 4.98 Å². The molecule has 0 bridgehead atoms. The van der Waals surface area contributed by atoms with Crippen LogP contribution in [0, 0.1) is 0 Å². The summed E-state index contributed by atoms with van der Waals surface area (Å²) < 4.78 is 49.3. The van der Waals surface area contributed by atoms with Crippen LogP contribution >= 0.6 is 8.25 Å². The number of aromatic nitrogens is 2. The molecule has 2 heterocycles. The van der Waals surface area contributed by atoms with Gasteiger partial charge in [-0.2, -0.15) is 0 Å². The predicted octanol–water partition coefficient (Wildman–Crippen LogP) is -0.349. The van der Waals surface area contributed by atoms with Crippen LogP contribution in [0.25, 0.3) is 0 Å². The van der Waals surface area contributed by atoms with Crippen molar-refractivity contribution in [1.29, 1.82) is 0 Å². The standard InChI is InChI=1S/C24H34FN4O10P/c1-13(2)37-19(31)16(27)9-15-8-14(10-26)4-5-17(15)39-40(35)36-12-24(11-25)20(32)23(3,34)21(38-24)29-7-6-18(30)28-22(29)33/h4-8,13,16,20-21,32,34,40H,9-12,26-27H2,1-3H3,(H,28,30,33)/t16-,20-,21+,23+,24+/m0/s1. The number of ether oxygens (including phenoxy) is 2. The van der Waals surface area contributed by atoms with Crippen LogP contribution in [0.1, 0.15) is 38.1 Å². The Morgan fingerprint density at radius 1 is 1.32 bits per heavy atom. The topological polar surface area (TPSA) is 218 Å². The van der Waals surface area contributed by atoms with Crippen molar-refractivity contribution in [1.82, 2.24) is 9.55 Å². The quantitative estimate of drug-likeness (QED) is 0.159. The highest BCUT2D eigenvalue weighted by molar-refractivity contribution is 7.33. The van der Waals surface area contributed by atoms with E-state index in [-0.39, 0.29) is 24.8 Å². The number of nitrogens with two attached hydrogens (primary N) is 2. The Bertz CT molecular complexity index is 1350. The number of nitrogens with zero attached hydrogens (tertiary/aromatic N) is 1. The monoisotopic (exact) mass is 588 g/mol. The van der Waals surface area contributed by atoms with Gasteiger partial charge in [-0.3, -0.25) is 23.7 Å². The SMILES string of the molecule is CC(C)OC(=O)[C@@H](N)Cc1cc(CN)ccc1O[PH](=O)OC[C@@]1(CF)O[C@@H](n2ccc(=O)[nH]c2=O)[C@](C)(O)[C@@H]1O. The van der Waals surface area contributed by atoms with Crippen molar-refractivity contribution < 1.29 is 42.5 Å². The van der Waals surface area contributed by atoms with Gasteiger partial charge in [0.05, 0.1) is 12.7 Å². The fourth-order valence-electron chi connectivity index (χ4n) is 4.24. The summed E-state index contributed by atoms with van der Waals surface area (Å²) in [5.41, 5.74) is 6.58. The third-order valence-corrected chi connectivity index (χ3v) is 7.08. The molecule has 0 amide bonds. The van der Waals surface area contributed by atoms with Crippen molar-refractivity contribution in [3.05, 3.63) is 62.4 Å². The molecule has 1 aliphatic rings. The van der Waals surface area contributed by atoms with E-state index >= 15 is 0 Å². The van der Waals surface area contributed by atoms with Gasteiger partial charge in [-0.15, -0.1) is 0 Å². The summed E-state index contributed by atoms with van der Waals surface area (Å²) in [4.78, 5) is 37.8. The average Bonchev–Trinajstić information content (AvgIpc) is 3.09. The number of esters is 1. The smallest absolute Gasteiger partial charge is 0.367 e. The van der Waals surface area contributed by atoms with Gasteiger partial charge in [-0.25, -0.2) is 13.8 Å². The van der Waals surface area contributed by atoms with Gasteiger partial charge in [-0.05, 0) is 38.0 Å². The number of hydrogen-bond acceptors (Lipinski definition) is 12. The molecule has 7 N–H and O–H groups in total. The summed E-state index contributed by atoms with van der Waals surface area (Å²) in [5.74, 6) is -0.593. The lowest BCUT2D eigenvalue weighted by molar-refractivity contribution is -0.148. The zero-order chi connectivity index (χ0) is 29.8. The molecule has 2 aromatic rings.